The molecule has 0 radical (unpaired) electrons. The zero-order valence-corrected chi connectivity index (χ0v) is 22.5. The first-order chi connectivity index (χ1) is 18.3. The van der Waals surface area contributed by atoms with Crippen molar-refractivity contribution >= 4 is 33.2 Å². The van der Waals surface area contributed by atoms with Gasteiger partial charge in [-0.15, -0.1) is 0 Å². The van der Waals surface area contributed by atoms with Gasteiger partial charge < -0.3 is 15.0 Å². The van der Waals surface area contributed by atoms with Crippen LogP contribution in [0.15, 0.2) is 77.7 Å². The fourth-order valence-corrected chi connectivity index (χ4v) is 5.86. The molecule has 3 aromatic rings. The first-order valence-corrected chi connectivity index (χ1v) is 14.2. The number of likely N-dealkylation sites (tertiary alicyclic amines) is 1. The number of nitrogens with one attached hydrogen (secondary N) is 1. The van der Waals surface area contributed by atoms with Gasteiger partial charge in [0.1, 0.15) is 12.3 Å². The maximum Gasteiger partial charge on any atom is 0.264 e. The molecular formula is C29H33N3O5S. The average molecular weight is 536 g/mol. The molecule has 0 atom stereocenters. The number of para-hydroxylation sites is 1. The van der Waals surface area contributed by atoms with E-state index >= 15 is 0 Å². The Labute approximate surface area is 224 Å². The minimum atomic E-state index is -4.07. The van der Waals surface area contributed by atoms with Crippen molar-refractivity contribution in [2.24, 2.45) is 0 Å². The number of methoxy groups -OCH3 is 1. The fourth-order valence-electron chi connectivity index (χ4n) is 4.44. The highest BCUT2D eigenvalue weighted by Crippen LogP contribution is 2.27. The third-order valence-electron chi connectivity index (χ3n) is 6.58. The van der Waals surface area contributed by atoms with Crippen LogP contribution in [0.1, 0.15) is 41.6 Å². The average Bonchev–Trinajstić information content (AvgIpc) is 3.22. The molecule has 1 saturated heterocycles. The number of carbonyl (C=O) groups excluding carboxylic acids is 2. The molecule has 1 N–H and O–H groups in total. The van der Waals surface area contributed by atoms with Gasteiger partial charge in [0.05, 0.1) is 28.9 Å². The van der Waals surface area contributed by atoms with Gasteiger partial charge in [-0.3, -0.25) is 13.9 Å². The van der Waals surface area contributed by atoms with Crippen LogP contribution in [0.2, 0.25) is 0 Å². The zero-order chi connectivity index (χ0) is 27.1. The van der Waals surface area contributed by atoms with E-state index in [0.717, 1.165) is 35.6 Å². The summed E-state index contributed by atoms with van der Waals surface area (Å²) in [5.74, 6) is -0.137. The number of hydrogen-bond acceptors (Lipinski definition) is 5. The molecule has 1 aliphatic rings. The molecule has 38 heavy (non-hydrogen) atoms. The minimum Gasteiger partial charge on any atom is -0.497 e. The van der Waals surface area contributed by atoms with E-state index in [0.29, 0.717) is 35.8 Å². The van der Waals surface area contributed by atoms with Gasteiger partial charge in [0.25, 0.3) is 15.9 Å². The van der Waals surface area contributed by atoms with Gasteiger partial charge >= 0.3 is 0 Å². The van der Waals surface area contributed by atoms with Crippen molar-refractivity contribution in [3.63, 3.8) is 0 Å². The van der Waals surface area contributed by atoms with E-state index in [-0.39, 0.29) is 10.8 Å². The molecule has 8 nitrogen and oxygen atoms in total. The summed E-state index contributed by atoms with van der Waals surface area (Å²) in [6, 6.07) is 19.8. The van der Waals surface area contributed by atoms with Gasteiger partial charge in [-0.2, -0.15) is 0 Å². The molecule has 0 aromatic heterocycles. The minimum absolute atomic E-state index is 0.0726. The number of benzene rings is 3. The van der Waals surface area contributed by atoms with Crippen molar-refractivity contribution in [1.29, 1.82) is 0 Å². The Kier molecular flexibility index (Phi) is 8.68. The van der Waals surface area contributed by atoms with Gasteiger partial charge in [0.2, 0.25) is 5.91 Å². The molecule has 200 valence electrons. The van der Waals surface area contributed by atoms with E-state index < -0.39 is 22.5 Å². The number of anilines is 2. The molecule has 4 rings (SSSR count). The smallest absolute Gasteiger partial charge is 0.264 e. The predicted octanol–water partition coefficient (Wildman–Crippen LogP) is 4.85. The summed E-state index contributed by atoms with van der Waals surface area (Å²) in [7, 11) is -2.55. The van der Waals surface area contributed by atoms with E-state index in [1.54, 1.807) is 60.7 Å². The van der Waals surface area contributed by atoms with Crippen LogP contribution in [0.25, 0.3) is 0 Å². The van der Waals surface area contributed by atoms with E-state index in [1.807, 2.05) is 11.8 Å². The Bertz CT molecular complexity index is 1360. The topological polar surface area (TPSA) is 96.0 Å². The van der Waals surface area contributed by atoms with Crippen molar-refractivity contribution in [1.82, 2.24) is 4.90 Å². The number of amides is 2. The number of ether oxygens (including phenoxy) is 1. The van der Waals surface area contributed by atoms with Crippen molar-refractivity contribution in [3.8, 4) is 5.75 Å². The number of carbonyl (C=O) groups is 2. The van der Waals surface area contributed by atoms with Gasteiger partial charge in [0.15, 0.2) is 0 Å². The van der Waals surface area contributed by atoms with Crippen LogP contribution in [-0.4, -0.2) is 51.9 Å². The predicted molar refractivity (Wildman–Crippen MR) is 148 cm³/mol. The first kappa shape index (κ1) is 27.2. The van der Waals surface area contributed by atoms with Crippen molar-refractivity contribution < 1.29 is 22.7 Å². The van der Waals surface area contributed by atoms with Crippen molar-refractivity contribution in [2.75, 3.05) is 36.4 Å². The summed E-state index contributed by atoms with van der Waals surface area (Å²) in [6.45, 7) is 2.76. The molecule has 9 heteroatoms. The van der Waals surface area contributed by atoms with Crippen LogP contribution in [0.3, 0.4) is 0 Å². The lowest BCUT2D eigenvalue weighted by Gasteiger charge is -2.25. The molecule has 1 fully saturated rings. The van der Waals surface area contributed by atoms with Crippen LogP contribution < -0.4 is 14.4 Å². The number of aryl methyl sites for hydroxylation is 1. The number of sulfonamides is 1. The van der Waals surface area contributed by atoms with Crippen LogP contribution in [0.4, 0.5) is 11.4 Å². The summed E-state index contributed by atoms with van der Waals surface area (Å²) < 4.78 is 33.6. The van der Waals surface area contributed by atoms with E-state index in [4.69, 9.17) is 4.74 Å². The normalized spacial score (nSPS) is 13.9. The highest BCUT2D eigenvalue weighted by Gasteiger charge is 2.28. The lowest BCUT2D eigenvalue weighted by molar-refractivity contribution is -0.114. The molecule has 0 bridgehead atoms. The van der Waals surface area contributed by atoms with Gasteiger partial charge in [-0.1, -0.05) is 42.7 Å². The SMILES string of the molecule is COc1ccc(N(CC(=O)Nc2ccccc2C(=O)N2CCCCCC2)S(=O)(=O)c2ccc(C)cc2)cc1. The lowest BCUT2D eigenvalue weighted by atomic mass is 10.1. The maximum absolute atomic E-state index is 13.7. The molecule has 0 saturated carbocycles. The third kappa shape index (κ3) is 6.34. The van der Waals surface area contributed by atoms with Crippen molar-refractivity contribution in [2.45, 2.75) is 37.5 Å². The molecule has 1 aliphatic heterocycles. The second-order valence-electron chi connectivity index (χ2n) is 9.32. The Balaban J connectivity index is 1.61. The Hall–Kier alpha value is -3.85. The molecule has 0 unspecified atom stereocenters. The summed E-state index contributed by atoms with van der Waals surface area (Å²) in [5, 5.41) is 2.78. The Morgan fingerprint density at radius 3 is 2.16 bits per heavy atom. The number of hydrogen-bond donors (Lipinski definition) is 1. The summed E-state index contributed by atoms with van der Waals surface area (Å²) in [6.07, 6.45) is 4.10. The van der Waals surface area contributed by atoms with Gasteiger partial charge in [0, 0.05) is 13.1 Å². The first-order valence-electron chi connectivity index (χ1n) is 12.7. The van der Waals surface area contributed by atoms with Crippen LogP contribution >= 0.6 is 0 Å². The van der Waals surface area contributed by atoms with E-state index in [1.165, 1.54) is 19.2 Å². The molecule has 3 aromatic carbocycles. The highest BCUT2D eigenvalue weighted by atomic mass is 32.2. The number of rotatable bonds is 8. The molecule has 2 amide bonds. The summed E-state index contributed by atoms with van der Waals surface area (Å²) in [5.41, 5.74) is 1.98. The maximum atomic E-state index is 13.7. The number of nitrogens with zero attached hydrogens (tertiary/aromatic N) is 2. The van der Waals surface area contributed by atoms with Crippen LogP contribution in [0.5, 0.6) is 5.75 Å². The molecular weight excluding hydrogens is 502 g/mol. The van der Waals surface area contributed by atoms with Crippen molar-refractivity contribution in [3.05, 3.63) is 83.9 Å². The second kappa shape index (κ2) is 12.1. The highest BCUT2D eigenvalue weighted by molar-refractivity contribution is 7.92. The quantitative estimate of drug-likeness (QED) is 0.445. The van der Waals surface area contributed by atoms with Crippen LogP contribution in [-0.2, 0) is 14.8 Å². The van der Waals surface area contributed by atoms with E-state index in [9.17, 15) is 18.0 Å². The monoisotopic (exact) mass is 535 g/mol. The van der Waals surface area contributed by atoms with Crippen LogP contribution in [0, 0.1) is 6.92 Å². The molecule has 0 spiro atoms. The standard InChI is InChI=1S/C29H33N3O5S/c1-22-11-17-25(18-12-22)38(35,36)32(23-13-15-24(37-2)16-14-23)21-28(33)30-27-10-6-5-9-26(27)29(34)31-19-7-3-4-8-20-31/h5-6,9-18H,3-4,7-8,19-21H2,1-2H3,(H,30,33). The largest absolute Gasteiger partial charge is 0.497 e. The fraction of sp³-hybridized carbons (Fsp3) is 0.310. The van der Waals surface area contributed by atoms with E-state index in [2.05, 4.69) is 5.32 Å². The molecule has 0 aliphatic carbocycles. The van der Waals surface area contributed by atoms with Gasteiger partial charge in [-0.25, -0.2) is 8.42 Å². The van der Waals surface area contributed by atoms with Gasteiger partial charge in [-0.05, 0) is 68.3 Å². The summed E-state index contributed by atoms with van der Waals surface area (Å²) >= 11 is 0. The third-order valence-corrected chi connectivity index (χ3v) is 8.37. The molecule has 1 heterocycles. The Morgan fingerprint density at radius 2 is 1.53 bits per heavy atom. The second-order valence-corrected chi connectivity index (χ2v) is 11.2. The zero-order valence-electron chi connectivity index (χ0n) is 21.7. The Morgan fingerprint density at radius 1 is 0.895 bits per heavy atom. The lowest BCUT2D eigenvalue weighted by Crippen LogP contribution is -2.38. The summed E-state index contributed by atoms with van der Waals surface area (Å²) in [4.78, 5) is 28.5.